The van der Waals surface area contributed by atoms with Gasteiger partial charge in [-0.25, -0.2) is 0 Å². The van der Waals surface area contributed by atoms with E-state index in [1.807, 2.05) is 4.90 Å². The Labute approximate surface area is 95.0 Å². The highest BCUT2D eigenvalue weighted by Crippen LogP contribution is 2.22. The Morgan fingerprint density at radius 1 is 1.69 bits per heavy atom. The maximum absolute atomic E-state index is 12.2. The number of rotatable bonds is 2. The van der Waals surface area contributed by atoms with E-state index in [4.69, 9.17) is 5.73 Å². The highest BCUT2D eigenvalue weighted by atomic mass is 16.2. The number of carbonyl (C=O) groups is 1. The summed E-state index contributed by atoms with van der Waals surface area (Å²) < 4.78 is 0. The standard InChI is InChI=1S/C11H18N4O/c1-2-8-5-3-4-6-15(8)11(16)9-7-13-14-10(9)12/h7-8H,2-6H2,1H3,(H3,12,13,14). The second-order valence-corrected chi connectivity index (χ2v) is 4.25. The zero-order valence-electron chi connectivity index (χ0n) is 9.57. The topological polar surface area (TPSA) is 75.0 Å². The lowest BCUT2D eigenvalue weighted by Crippen LogP contribution is -2.43. The van der Waals surface area contributed by atoms with Gasteiger partial charge in [-0.15, -0.1) is 0 Å². The summed E-state index contributed by atoms with van der Waals surface area (Å²) >= 11 is 0. The van der Waals surface area contributed by atoms with Crippen LogP contribution in [0.15, 0.2) is 6.20 Å². The van der Waals surface area contributed by atoms with Crippen molar-refractivity contribution in [1.29, 1.82) is 0 Å². The fourth-order valence-corrected chi connectivity index (χ4v) is 2.31. The molecule has 0 aromatic carbocycles. The molecule has 16 heavy (non-hydrogen) atoms. The largest absolute Gasteiger partial charge is 0.383 e. The van der Waals surface area contributed by atoms with E-state index in [1.165, 1.54) is 12.6 Å². The average Bonchev–Trinajstić information content (AvgIpc) is 2.74. The number of hydrogen-bond donors (Lipinski definition) is 2. The average molecular weight is 222 g/mol. The minimum absolute atomic E-state index is 0.0119. The lowest BCUT2D eigenvalue weighted by atomic mass is 9.99. The van der Waals surface area contributed by atoms with Crippen LogP contribution in [0.5, 0.6) is 0 Å². The molecular weight excluding hydrogens is 204 g/mol. The van der Waals surface area contributed by atoms with Crippen LogP contribution in [0.3, 0.4) is 0 Å². The normalized spacial score (nSPS) is 21.1. The molecular formula is C11H18N4O. The van der Waals surface area contributed by atoms with Crippen molar-refractivity contribution in [2.45, 2.75) is 38.6 Å². The first kappa shape index (κ1) is 11.0. The van der Waals surface area contributed by atoms with Crippen molar-refractivity contribution in [3.8, 4) is 0 Å². The lowest BCUT2D eigenvalue weighted by molar-refractivity contribution is 0.0609. The van der Waals surface area contributed by atoms with Crippen LogP contribution in [0.1, 0.15) is 43.0 Å². The van der Waals surface area contributed by atoms with Crippen molar-refractivity contribution in [1.82, 2.24) is 15.1 Å². The molecule has 1 unspecified atom stereocenters. The van der Waals surface area contributed by atoms with Crippen LogP contribution in [-0.2, 0) is 0 Å². The number of piperidine rings is 1. The van der Waals surface area contributed by atoms with Crippen molar-refractivity contribution in [2.75, 3.05) is 12.3 Å². The molecule has 0 aliphatic carbocycles. The molecule has 3 N–H and O–H groups in total. The van der Waals surface area contributed by atoms with Gasteiger partial charge in [0.25, 0.3) is 5.91 Å². The molecule has 1 aromatic rings. The Balaban J connectivity index is 2.17. The Hall–Kier alpha value is -1.52. The van der Waals surface area contributed by atoms with Crippen LogP contribution in [0.4, 0.5) is 5.82 Å². The number of nitrogens with one attached hydrogen (secondary N) is 1. The molecule has 0 bridgehead atoms. The Morgan fingerprint density at radius 3 is 3.12 bits per heavy atom. The lowest BCUT2D eigenvalue weighted by Gasteiger charge is -2.35. The number of nitrogens with two attached hydrogens (primary N) is 1. The number of amides is 1. The number of H-pyrrole nitrogens is 1. The van der Waals surface area contributed by atoms with Gasteiger partial charge in [0.15, 0.2) is 0 Å². The Kier molecular flexibility index (Phi) is 3.12. The van der Waals surface area contributed by atoms with Gasteiger partial charge in [-0.3, -0.25) is 9.89 Å². The number of nitrogen functional groups attached to an aromatic ring is 1. The van der Waals surface area contributed by atoms with E-state index in [0.29, 0.717) is 17.4 Å². The monoisotopic (exact) mass is 222 g/mol. The molecule has 0 spiro atoms. The zero-order chi connectivity index (χ0) is 11.5. The predicted molar refractivity (Wildman–Crippen MR) is 62.0 cm³/mol. The molecule has 0 radical (unpaired) electrons. The minimum Gasteiger partial charge on any atom is -0.383 e. The van der Waals surface area contributed by atoms with Gasteiger partial charge in [0.05, 0.1) is 6.20 Å². The van der Waals surface area contributed by atoms with Crippen molar-refractivity contribution < 1.29 is 4.79 Å². The molecule has 1 fully saturated rings. The molecule has 5 heteroatoms. The zero-order valence-corrected chi connectivity index (χ0v) is 9.57. The van der Waals surface area contributed by atoms with Crippen molar-refractivity contribution in [3.05, 3.63) is 11.8 Å². The van der Waals surface area contributed by atoms with Crippen molar-refractivity contribution in [2.24, 2.45) is 0 Å². The molecule has 5 nitrogen and oxygen atoms in total. The molecule has 2 heterocycles. The van der Waals surface area contributed by atoms with Gasteiger partial charge in [0.1, 0.15) is 11.4 Å². The van der Waals surface area contributed by atoms with Gasteiger partial charge < -0.3 is 10.6 Å². The third-order valence-corrected chi connectivity index (χ3v) is 3.26. The van der Waals surface area contributed by atoms with E-state index in [1.54, 1.807) is 0 Å². The highest BCUT2D eigenvalue weighted by molar-refractivity contribution is 5.98. The first-order valence-corrected chi connectivity index (χ1v) is 5.83. The number of aromatic amines is 1. The van der Waals surface area contributed by atoms with Gasteiger partial charge in [-0.05, 0) is 25.7 Å². The van der Waals surface area contributed by atoms with Crippen molar-refractivity contribution >= 4 is 11.7 Å². The molecule has 1 amide bonds. The van der Waals surface area contributed by atoms with Crippen LogP contribution in [0, 0.1) is 0 Å². The molecule has 0 saturated carbocycles. The SMILES string of the molecule is CCC1CCCCN1C(=O)c1cn[nH]c1N. The van der Waals surface area contributed by atoms with Crippen molar-refractivity contribution in [3.63, 3.8) is 0 Å². The summed E-state index contributed by atoms with van der Waals surface area (Å²) in [4.78, 5) is 14.2. The van der Waals surface area contributed by atoms with Crippen LogP contribution < -0.4 is 5.73 Å². The Morgan fingerprint density at radius 2 is 2.50 bits per heavy atom. The van der Waals surface area contributed by atoms with E-state index in [0.717, 1.165) is 25.8 Å². The van der Waals surface area contributed by atoms with E-state index >= 15 is 0 Å². The Bertz CT molecular complexity index is 374. The first-order valence-electron chi connectivity index (χ1n) is 5.83. The number of anilines is 1. The van der Waals surface area contributed by atoms with Gasteiger partial charge in [0.2, 0.25) is 0 Å². The van der Waals surface area contributed by atoms with Crippen LogP contribution >= 0.6 is 0 Å². The second kappa shape index (κ2) is 4.55. The van der Waals surface area contributed by atoms with Crippen LogP contribution in [0.25, 0.3) is 0 Å². The third kappa shape index (κ3) is 1.89. The van der Waals surface area contributed by atoms with E-state index < -0.39 is 0 Å². The molecule has 88 valence electrons. The van der Waals surface area contributed by atoms with Gasteiger partial charge in [-0.1, -0.05) is 6.92 Å². The summed E-state index contributed by atoms with van der Waals surface area (Å²) in [5.41, 5.74) is 6.17. The minimum atomic E-state index is 0.0119. The molecule has 1 atom stereocenters. The van der Waals surface area contributed by atoms with E-state index in [2.05, 4.69) is 17.1 Å². The number of aromatic nitrogens is 2. The molecule has 1 aliphatic rings. The van der Waals surface area contributed by atoms with E-state index in [9.17, 15) is 4.79 Å². The number of hydrogen-bond acceptors (Lipinski definition) is 3. The maximum atomic E-state index is 12.2. The molecule has 1 aliphatic heterocycles. The van der Waals surface area contributed by atoms with Crippen LogP contribution in [-0.4, -0.2) is 33.6 Å². The maximum Gasteiger partial charge on any atom is 0.259 e. The smallest absolute Gasteiger partial charge is 0.259 e. The summed E-state index contributed by atoms with van der Waals surface area (Å²) in [6.07, 6.45) is 5.91. The highest BCUT2D eigenvalue weighted by Gasteiger charge is 2.27. The summed E-state index contributed by atoms with van der Waals surface area (Å²) in [6, 6.07) is 0.357. The molecule has 1 saturated heterocycles. The molecule has 2 rings (SSSR count). The predicted octanol–water partition coefficient (Wildman–Crippen LogP) is 1.40. The van der Waals surface area contributed by atoms with E-state index in [-0.39, 0.29) is 5.91 Å². The number of carbonyl (C=O) groups excluding carboxylic acids is 1. The summed E-state index contributed by atoms with van der Waals surface area (Å²) in [5, 5.41) is 6.39. The number of nitrogens with zero attached hydrogens (tertiary/aromatic N) is 2. The van der Waals surface area contributed by atoms with Gasteiger partial charge in [-0.2, -0.15) is 5.10 Å². The first-order chi connectivity index (χ1) is 7.74. The summed E-state index contributed by atoms with van der Waals surface area (Å²) in [5.74, 6) is 0.378. The summed E-state index contributed by atoms with van der Waals surface area (Å²) in [7, 11) is 0. The summed E-state index contributed by atoms with van der Waals surface area (Å²) in [6.45, 7) is 2.96. The second-order valence-electron chi connectivity index (χ2n) is 4.25. The molecule has 1 aromatic heterocycles. The van der Waals surface area contributed by atoms with Gasteiger partial charge in [0, 0.05) is 12.6 Å². The van der Waals surface area contributed by atoms with Gasteiger partial charge >= 0.3 is 0 Å². The third-order valence-electron chi connectivity index (χ3n) is 3.26. The fraction of sp³-hybridized carbons (Fsp3) is 0.636. The van der Waals surface area contributed by atoms with Crippen LogP contribution in [0.2, 0.25) is 0 Å². The fourth-order valence-electron chi connectivity index (χ4n) is 2.31. The number of likely N-dealkylation sites (tertiary alicyclic amines) is 1. The quantitative estimate of drug-likeness (QED) is 0.794.